The molecular formula is C18H25F3N2O5S2. The Kier molecular flexibility index (Phi) is 7.12. The molecule has 3 heterocycles. The summed E-state index contributed by atoms with van der Waals surface area (Å²) in [6, 6.07) is 4.26. The number of hydrogen-bond donors (Lipinski definition) is 1. The second kappa shape index (κ2) is 9.11. The van der Waals surface area contributed by atoms with Crippen molar-refractivity contribution in [2.24, 2.45) is 5.41 Å². The summed E-state index contributed by atoms with van der Waals surface area (Å²) < 4.78 is 64.5. The van der Waals surface area contributed by atoms with Gasteiger partial charge < -0.3 is 9.84 Å². The number of ether oxygens (including phenoxy) is 1. The third-order valence-electron chi connectivity index (χ3n) is 5.43. The topological polar surface area (TPSA) is 87.1 Å². The Hall–Kier alpha value is -1.21. The molecule has 0 bridgehead atoms. The van der Waals surface area contributed by atoms with Crippen molar-refractivity contribution in [3.63, 3.8) is 0 Å². The van der Waals surface area contributed by atoms with Crippen molar-refractivity contribution < 1.29 is 36.2 Å². The monoisotopic (exact) mass is 470 g/mol. The van der Waals surface area contributed by atoms with Crippen LogP contribution in [0.3, 0.4) is 0 Å². The number of nitrogens with zero attached hydrogens (tertiary/aromatic N) is 2. The van der Waals surface area contributed by atoms with Gasteiger partial charge in [0.25, 0.3) is 0 Å². The fraction of sp³-hybridized carbons (Fsp3) is 0.722. The zero-order valence-corrected chi connectivity index (χ0v) is 17.9. The predicted molar refractivity (Wildman–Crippen MR) is 105 cm³/mol. The number of halogens is 3. The van der Waals surface area contributed by atoms with Gasteiger partial charge >= 0.3 is 12.1 Å². The summed E-state index contributed by atoms with van der Waals surface area (Å²) in [5.41, 5.74) is -0.0320. The van der Waals surface area contributed by atoms with Gasteiger partial charge in [0.1, 0.15) is 0 Å². The third kappa shape index (κ3) is 5.94. The number of alkyl halides is 3. The number of rotatable bonds is 4. The molecule has 30 heavy (non-hydrogen) atoms. The highest BCUT2D eigenvalue weighted by Gasteiger charge is 2.47. The second-order valence-electron chi connectivity index (χ2n) is 7.97. The molecule has 1 aromatic heterocycles. The molecule has 3 aliphatic rings. The fourth-order valence-electron chi connectivity index (χ4n) is 3.78. The second-order valence-corrected chi connectivity index (χ2v) is 11.2. The molecule has 170 valence electrons. The van der Waals surface area contributed by atoms with Crippen molar-refractivity contribution in [2.45, 2.75) is 37.2 Å². The standard InChI is InChI=1S/C16H24N2O3S2.C2HF3O2/c19-23(20,15-3-4-15)18-7-8-21-13-16(12-18)5-6-17(11-16)10-14-2-1-9-22-14;3-2(4,5)1(6)7/h1-2,9,15H,3-8,10-13H2;(H,6,7). The van der Waals surface area contributed by atoms with Crippen molar-refractivity contribution in [2.75, 3.05) is 39.4 Å². The molecule has 1 saturated carbocycles. The molecule has 1 unspecified atom stereocenters. The first-order valence-electron chi connectivity index (χ1n) is 9.63. The largest absolute Gasteiger partial charge is 0.490 e. The maximum absolute atomic E-state index is 12.6. The van der Waals surface area contributed by atoms with Crippen LogP contribution in [-0.4, -0.2) is 79.5 Å². The molecule has 4 rings (SSSR count). The smallest absolute Gasteiger partial charge is 0.475 e. The number of carboxylic acid groups (broad SMARTS) is 1. The Morgan fingerprint density at radius 3 is 2.57 bits per heavy atom. The average molecular weight is 471 g/mol. The van der Waals surface area contributed by atoms with Crippen LogP contribution in [0.1, 0.15) is 24.1 Å². The molecule has 1 spiro atoms. The number of thiophene rings is 1. The first-order valence-corrected chi connectivity index (χ1v) is 12.0. The van der Waals surface area contributed by atoms with Crippen LogP contribution in [0.15, 0.2) is 17.5 Å². The van der Waals surface area contributed by atoms with Crippen molar-refractivity contribution in [1.82, 2.24) is 9.21 Å². The zero-order chi connectivity index (χ0) is 22.0. The summed E-state index contributed by atoms with van der Waals surface area (Å²) in [7, 11) is -3.11. The van der Waals surface area contributed by atoms with Crippen LogP contribution in [0.2, 0.25) is 0 Å². The lowest BCUT2D eigenvalue weighted by molar-refractivity contribution is -0.192. The number of aliphatic carboxylic acids is 1. The average Bonchev–Trinajstić information content (AvgIpc) is 3.34. The Morgan fingerprint density at radius 1 is 1.30 bits per heavy atom. The minimum Gasteiger partial charge on any atom is -0.475 e. The van der Waals surface area contributed by atoms with Crippen molar-refractivity contribution in [1.29, 1.82) is 0 Å². The van der Waals surface area contributed by atoms with E-state index >= 15 is 0 Å². The lowest BCUT2D eigenvalue weighted by Gasteiger charge is -2.31. The van der Waals surface area contributed by atoms with Crippen LogP contribution in [0, 0.1) is 5.41 Å². The Labute approximate surface area is 177 Å². The van der Waals surface area contributed by atoms with Gasteiger partial charge in [-0.15, -0.1) is 11.3 Å². The molecule has 0 aromatic carbocycles. The van der Waals surface area contributed by atoms with Gasteiger partial charge in [0.2, 0.25) is 10.0 Å². The summed E-state index contributed by atoms with van der Waals surface area (Å²) in [4.78, 5) is 12.7. The van der Waals surface area contributed by atoms with Crippen molar-refractivity contribution >= 4 is 27.3 Å². The molecule has 1 aliphatic carbocycles. The van der Waals surface area contributed by atoms with E-state index in [1.54, 1.807) is 15.6 Å². The van der Waals surface area contributed by atoms with Crippen LogP contribution in [0.5, 0.6) is 0 Å². The molecule has 1 N–H and O–H groups in total. The van der Waals surface area contributed by atoms with Crippen LogP contribution in [0.25, 0.3) is 0 Å². The predicted octanol–water partition coefficient (Wildman–Crippen LogP) is 2.40. The van der Waals surface area contributed by atoms with Crippen LogP contribution in [0.4, 0.5) is 13.2 Å². The molecule has 3 fully saturated rings. The lowest BCUT2D eigenvalue weighted by atomic mass is 9.88. The van der Waals surface area contributed by atoms with E-state index in [2.05, 4.69) is 22.4 Å². The Morgan fingerprint density at radius 2 is 2.00 bits per heavy atom. The number of likely N-dealkylation sites (tertiary alicyclic amines) is 1. The van der Waals surface area contributed by atoms with Gasteiger partial charge in [-0.2, -0.15) is 17.5 Å². The van der Waals surface area contributed by atoms with Gasteiger partial charge in [0.15, 0.2) is 0 Å². The van der Waals surface area contributed by atoms with E-state index in [1.165, 1.54) is 4.88 Å². The van der Waals surface area contributed by atoms with E-state index in [1.807, 2.05) is 0 Å². The zero-order valence-electron chi connectivity index (χ0n) is 16.3. The van der Waals surface area contributed by atoms with Gasteiger partial charge in [-0.25, -0.2) is 13.2 Å². The van der Waals surface area contributed by atoms with E-state index in [0.717, 1.165) is 38.9 Å². The van der Waals surface area contributed by atoms with Gasteiger partial charge in [0.05, 0.1) is 18.5 Å². The first kappa shape index (κ1) is 23.5. The summed E-state index contributed by atoms with van der Waals surface area (Å²) >= 11 is 1.79. The minimum atomic E-state index is -5.08. The number of hydrogen-bond acceptors (Lipinski definition) is 6. The van der Waals surface area contributed by atoms with E-state index in [4.69, 9.17) is 14.6 Å². The minimum absolute atomic E-state index is 0.0320. The number of sulfonamides is 1. The Bertz CT molecular complexity index is 827. The maximum Gasteiger partial charge on any atom is 0.490 e. The highest BCUT2D eigenvalue weighted by atomic mass is 32.2. The van der Waals surface area contributed by atoms with Gasteiger partial charge in [-0.3, -0.25) is 4.90 Å². The first-order chi connectivity index (χ1) is 14.0. The highest BCUT2D eigenvalue weighted by molar-refractivity contribution is 7.90. The molecule has 1 aromatic rings. The van der Waals surface area contributed by atoms with Gasteiger partial charge in [-0.1, -0.05) is 6.07 Å². The fourth-order valence-corrected chi connectivity index (χ4v) is 6.46. The summed E-state index contributed by atoms with van der Waals surface area (Å²) in [5.74, 6) is -2.76. The highest BCUT2D eigenvalue weighted by Crippen LogP contribution is 2.38. The summed E-state index contributed by atoms with van der Waals surface area (Å²) in [6.07, 6.45) is -2.40. The van der Waals surface area contributed by atoms with Gasteiger partial charge in [-0.05, 0) is 37.3 Å². The normalized spacial score (nSPS) is 26.2. The molecule has 7 nitrogen and oxygen atoms in total. The van der Waals surface area contributed by atoms with Gasteiger partial charge in [0, 0.05) is 36.5 Å². The van der Waals surface area contributed by atoms with Crippen molar-refractivity contribution in [3.05, 3.63) is 22.4 Å². The molecule has 12 heteroatoms. The van der Waals surface area contributed by atoms with Crippen LogP contribution >= 0.6 is 11.3 Å². The molecule has 2 aliphatic heterocycles. The molecule has 2 saturated heterocycles. The molecular weight excluding hydrogens is 445 g/mol. The maximum atomic E-state index is 12.6. The van der Waals surface area contributed by atoms with E-state index in [-0.39, 0.29) is 10.7 Å². The van der Waals surface area contributed by atoms with E-state index in [9.17, 15) is 21.6 Å². The van der Waals surface area contributed by atoms with Crippen LogP contribution < -0.4 is 0 Å². The van der Waals surface area contributed by atoms with Crippen molar-refractivity contribution in [3.8, 4) is 0 Å². The van der Waals surface area contributed by atoms with Crippen LogP contribution in [-0.2, 0) is 26.1 Å². The molecule has 0 radical (unpaired) electrons. The molecule has 1 atom stereocenters. The molecule has 0 amide bonds. The third-order valence-corrected chi connectivity index (χ3v) is 8.64. The SMILES string of the molecule is O=C(O)C(F)(F)F.O=S(=O)(C1CC1)N1CCOCC2(CCN(Cc3cccs3)C2)C1. The summed E-state index contributed by atoms with van der Waals surface area (Å²) in [6.45, 7) is 5.29. The number of carboxylic acids is 1. The van der Waals surface area contributed by atoms with E-state index < -0.39 is 22.2 Å². The Balaban J connectivity index is 0.000000318. The number of carbonyl (C=O) groups is 1. The lowest BCUT2D eigenvalue weighted by Crippen LogP contribution is -2.44. The van der Waals surface area contributed by atoms with E-state index in [0.29, 0.717) is 26.3 Å². The summed E-state index contributed by atoms with van der Waals surface area (Å²) in [5, 5.41) is 9.11. The quantitative estimate of drug-likeness (QED) is 0.727.